The molecule has 0 radical (unpaired) electrons. The third kappa shape index (κ3) is 4.22. The average molecular weight is 520 g/mol. The molecule has 8 nitrogen and oxygen atoms in total. The van der Waals surface area contributed by atoms with E-state index in [1.807, 2.05) is 36.4 Å². The van der Waals surface area contributed by atoms with E-state index in [1.54, 1.807) is 36.6 Å². The van der Waals surface area contributed by atoms with Gasteiger partial charge in [0.2, 0.25) is 15.9 Å². The van der Waals surface area contributed by atoms with Crippen molar-refractivity contribution in [3.05, 3.63) is 78.6 Å². The molecule has 2 aliphatic rings. The SMILES string of the molecule is O=C(Nc1cccc(-c2ccc(S(=O)(=O)N3CCC[C@@H]3CO)cc2)n1)C1(c2ccc3occc3c2)CC1.[HH]. The molecule has 2 aromatic heterocycles. The summed E-state index contributed by atoms with van der Waals surface area (Å²) in [7, 11) is -3.68. The zero-order valence-electron chi connectivity index (χ0n) is 20.1. The Morgan fingerprint density at radius 2 is 1.95 bits per heavy atom. The van der Waals surface area contributed by atoms with Crippen LogP contribution in [0.5, 0.6) is 0 Å². The zero-order chi connectivity index (χ0) is 25.6. The Bertz CT molecular complexity index is 1580. The molecule has 1 amide bonds. The fourth-order valence-electron chi connectivity index (χ4n) is 5.18. The third-order valence-electron chi connectivity index (χ3n) is 7.47. The van der Waals surface area contributed by atoms with Crippen molar-refractivity contribution < 1.29 is 24.2 Å². The van der Waals surface area contributed by atoms with Gasteiger partial charge in [0.15, 0.2) is 0 Å². The lowest BCUT2D eigenvalue weighted by Crippen LogP contribution is -2.37. The molecule has 0 bridgehead atoms. The molecule has 1 saturated heterocycles. The number of anilines is 1. The molecule has 1 saturated carbocycles. The van der Waals surface area contributed by atoms with Crippen LogP contribution in [0.25, 0.3) is 22.2 Å². The van der Waals surface area contributed by atoms with E-state index in [9.17, 15) is 18.3 Å². The van der Waals surface area contributed by atoms with Crippen molar-refractivity contribution in [2.75, 3.05) is 18.5 Å². The number of sulfonamides is 1. The van der Waals surface area contributed by atoms with Crippen LogP contribution in [0, 0.1) is 0 Å². The number of hydrogen-bond acceptors (Lipinski definition) is 6. The van der Waals surface area contributed by atoms with Crippen LogP contribution in [0.2, 0.25) is 0 Å². The first kappa shape index (κ1) is 23.8. The summed E-state index contributed by atoms with van der Waals surface area (Å²) in [4.78, 5) is 18.1. The van der Waals surface area contributed by atoms with Crippen molar-refractivity contribution >= 4 is 32.7 Å². The van der Waals surface area contributed by atoms with Crippen molar-refractivity contribution in [2.24, 2.45) is 0 Å². The van der Waals surface area contributed by atoms with Crippen LogP contribution in [0.3, 0.4) is 0 Å². The van der Waals surface area contributed by atoms with Crippen LogP contribution < -0.4 is 5.32 Å². The third-order valence-corrected chi connectivity index (χ3v) is 9.44. The van der Waals surface area contributed by atoms with E-state index in [2.05, 4.69) is 10.3 Å². The van der Waals surface area contributed by atoms with Gasteiger partial charge in [-0.25, -0.2) is 13.4 Å². The Labute approximate surface area is 216 Å². The van der Waals surface area contributed by atoms with Crippen LogP contribution in [-0.4, -0.2) is 47.9 Å². The van der Waals surface area contributed by atoms with Gasteiger partial charge in [-0.15, -0.1) is 0 Å². The van der Waals surface area contributed by atoms with E-state index < -0.39 is 15.4 Å². The molecule has 1 aliphatic heterocycles. The highest BCUT2D eigenvalue weighted by atomic mass is 32.2. The van der Waals surface area contributed by atoms with Crippen LogP contribution in [0.15, 0.2) is 82.3 Å². The fourth-order valence-corrected chi connectivity index (χ4v) is 6.86. The summed E-state index contributed by atoms with van der Waals surface area (Å²) in [5, 5.41) is 13.5. The Morgan fingerprint density at radius 1 is 1.14 bits per heavy atom. The van der Waals surface area contributed by atoms with E-state index in [1.165, 1.54) is 4.31 Å². The number of rotatable bonds is 7. The van der Waals surface area contributed by atoms with Gasteiger partial charge in [0.1, 0.15) is 11.4 Å². The van der Waals surface area contributed by atoms with Gasteiger partial charge in [0.25, 0.3) is 0 Å². The minimum atomic E-state index is -3.68. The number of carbonyl (C=O) groups excluding carboxylic acids is 1. The zero-order valence-corrected chi connectivity index (χ0v) is 20.9. The number of aromatic nitrogens is 1. The second-order valence-electron chi connectivity index (χ2n) is 9.74. The molecule has 4 aromatic rings. The van der Waals surface area contributed by atoms with Gasteiger partial charge < -0.3 is 14.8 Å². The topological polar surface area (TPSA) is 113 Å². The first-order chi connectivity index (χ1) is 17.9. The number of fused-ring (bicyclic) bond motifs is 1. The molecular weight excluding hydrogens is 490 g/mol. The Kier molecular flexibility index (Phi) is 5.86. The van der Waals surface area contributed by atoms with Crippen LogP contribution in [-0.2, 0) is 20.2 Å². The molecule has 37 heavy (non-hydrogen) atoms. The summed E-state index contributed by atoms with van der Waals surface area (Å²) in [5.41, 5.74) is 2.55. The maximum Gasteiger partial charge on any atom is 0.243 e. The van der Waals surface area contributed by atoms with Gasteiger partial charge >= 0.3 is 0 Å². The number of aliphatic hydroxyl groups is 1. The van der Waals surface area contributed by atoms with Gasteiger partial charge in [-0.05, 0) is 73.7 Å². The number of aliphatic hydroxyl groups excluding tert-OH is 1. The molecule has 1 atom stereocenters. The average Bonchev–Trinajstić information content (AvgIpc) is 3.35. The van der Waals surface area contributed by atoms with Gasteiger partial charge in [0, 0.05) is 25.0 Å². The molecule has 0 unspecified atom stereocenters. The molecular formula is C28H29N3O5S. The highest BCUT2D eigenvalue weighted by molar-refractivity contribution is 7.89. The summed E-state index contributed by atoms with van der Waals surface area (Å²) in [6.45, 7) is 0.231. The summed E-state index contributed by atoms with van der Waals surface area (Å²) in [6, 6.07) is 19.3. The Morgan fingerprint density at radius 3 is 2.70 bits per heavy atom. The molecule has 2 aromatic carbocycles. The maximum atomic E-state index is 13.3. The predicted molar refractivity (Wildman–Crippen MR) is 142 cm³/mol. The smallest absolute Gasteiger partial charge is 0.243 e. The molecule has 3 heterocycles. The number of nitrogens with zero attached hydrogens (tertiary/aromatic N) is 2. The normalized spacial score (nSPS) is 19.2. The highest BCUT2D eigenvalue weighted by Crippen LogP contribution is 2.49. The lowest BCUT2D eigenvalue weighted by Gasteiger charge is -2.22. The van der Waals surface area contributed by atoms with Gasteiger partial charge in [-0.1, -0.05) is 24.3 Å². The monoisotopic (exact) mass is 519 g/mol. The Hall–Kier alpha value is -3.53. The van der Waals surface area contributed by atoms with Crippen molar-refractivity contribution in [1.29, 1.82) is 0 Å². The summed E-state index contributed by atoms with van der Waals surface area (Å²) in [5.74, 6) is 0.350. The molecule has 1 aliphatic carbocycles. The molecule has 2 N–H and O–H groups in total. The molecule has 9 heteroatoms. The van der Waals surface area contributed by atoms with Crippen molar-refractivity contribution in [3.63, 3.8) is 0 Å². The van der Waals surface area contributed by atoms with Crippen LogP contribution in [0.4, 0.5) is 5.82 Å². The second-order valence-corrected chi connectivity index (χ2v) is 11.6. The number of nitrogens with one attached hydrogen (secondary N) is 1. The summed E-state index contributed by atoms with van der Waals surface area (Å²) in [6.07, 6.45) is 4.58. The fraction of sp³-hybridized carbons (Fsp3) is 0.286. The predicted octanol–water partition coefficient (Wildman–Crippen LogP) is 4.56. The van der Waals surface area contributed by atoms with Gasteiger partial charge in [-0.3, -0.25) is 4.79 Å². The second kappa shape index (κ2) is 9.09. The number of furan rings is 1. The number of pyridine rings is 1. The lowest BCUT2D eigenvalue weighted by atomic mass is 9.94. The van der Waals surface area contributed by atoms with Gasteiger partial charge in [0.05, 0.1) is 28.9 Å². The number of carbonyl (C=O) groups is 1. The van der Waals surface area contributed by atoms with Crippen molar-refractivity contribution in [2.45, 2.75) is 42.0 Å². The van der Waals surface area contributed by atoms with E-state index in [4.69, 9.17) is 4.42 Å². The van der Waals surface area contributed by atoms with E-state index in [-0.39, 0.29) is 24.9 Å². The van der Waals surface area contributed by atoms with E-state index in [0.29, 0.717) is 24.5 Å². The molecule has 192 valence electrons. The summed E-state index contributed by atoms with van der Waals surface area (Å²) >= 11 is 0. The maximum absolute atomic E-state index is 13.3. The first-order valence-electron chi connectivity index (χ1n) is 12.4. The van der Waals surface area contributed by atoms with Crippen molar-refractivity contribution in [1.82, 2.24) is 9.29 Å². The van der Waals surface area contributed by atoms with E-state index in [0.717, 1.165) is 41.4 Å². The summed E-state index contributed by atoms with van der Waals surface area (Å²) < 4.78 is 32.9. The van der Waals surface area contributed by atoms with Gasteiger partial charge in [-0.2, -0.15) is 4.31 Å². The Balaban J connectivity index is 0.00000294. The van der Waals surface area contributed by atoms with E-state index >= 15 is 0 Å². The minimum Gasteiger partial charge on any atom is -0.464 e. The molecule has 2 fully saturated rings. The van der Waals surface area contributed by atoms with Crippen LogP contribution in [0.1, 0.15) is 32.7 Å². The largest absolute Gasteiger partial charge is 0.464 e. The number of hydrogen-bond donors (Lipinski definition) is 2. The first-order valence-corrected chi connectivity index (χ1v) is 13.8. The number of amides is 1. The number of benzene rings is 2. The molecule has 6 rings (SSSR count). The molecule has 0 spiro atoms. The highest BCUT2D eigenvalue weighted by Gasteiger charge is 2.51. The quantitative estimate of drug-likeness (QED) is 0.370. The minimum absolute atomic E-state index is 0. The van der Waals surface area contributed by atoms with Crippen LogP contribution >= 0.6 is 0 Å². The standard InChI is InChI=1S/C28H27N3O5S.H2/c32-18-22-3-2-15-31(22)37(34,35)23-9-6-19(7-10-23)24-4-1-5-26(29-24)30-27(33)28(13-14-28)21-8-11-25-20(17-21)12-16-36-25;/h1,4-12,16-17,22,32H,2-3,13-15,18H2,(H,29,30,33);1H/t22-;/m1./s1. The lowest BCUT2D eigenvalue weighted by molar-refractivity contribution is -0.118. The van der Waals surface area contributed by atoms with Crippen molar-refractivity contribution in [3.8, 4) is 11.3 Å².